The number of hydrogen-bond donors (Lipinski definition) is 0. The van der Waals surface area contributed by atoms with Gasteiger partial charge in [-0.15, -0.1) is 11.6 Å². The van der Waals surface area contributed by atoms with Crippen molar-refractivity contribution >= 4 is 17.5 Å². The molecule has 0 atom stereocenters. The summed E-state index contributed by atoms with van der Waals surface area (Å²) in [5.41, 5.74) is 0.586. The maximum atomic E-state index is 12.9. The first-order valence-corrected chi connectivity index (χ1v) is 6.94. The molecule has 1 heterocycles. The van der Waals surface area contributed by atoms with E-state index in [9.17, 15) is 9.18 Å². The van der Waals surface area contributed by atoms with E-state index in [4.69, 9.17) is 11.6 Å². The molecule has 0 spiro atoms. The van der Waals surface area contributed by atoms with E-state index in [1.54, 1.807) is 12.1 Å². The normalized spacial score (nSPS) is 18.6. The predicted octanol–water partition coefficient (Wildman–Crippen LogP) is 3.21. The van der Waals surface area contributed by atoms with Crippen LogP contribution in [0.5, 0.6) is 0 Å². The smallest absolute Gasteiger partial charge is 0.255 e. The molecule has 0 bridgehead atoms. The number of alkyl halides is 1. The standard InChI is InChI=1S/C14H18ClFNO/c15-8-11-17(9-2-1-3-10-17)14(18)12-4-6-13(16)7-5-12/h4-7H,1-3,8-11H2/q+1. The van der Waals surface area contributed by atoms with E-state index in [0.717, 1.165) is 25.9 Å². The number of halogens is 2. The van der Waals surface area contributed by atoms with Crippen molar-refractivity contribution in [3.63, 3.8) is 0 Å². The van der Waals surface area contributed by atoms with Crippen molar-refractivity contribution in [2.45, 2.75) is 19.3 Å². The highest BCUT2D eigenvalue weighted by Crippen LogP contribution is 2.23. The van der Waals surface area contributed by atoms with Gasteiger partial charge in [-0.3, -0.25) is 4.48 Å². The summed E-state index contributed by atoms with van der Waals surface area (Å²) in [5.74, 6) is 0.247. The summed E-state index contributed by atoms with van der Waals surface area (Å²) in [6.45, 7) is 2.36. The first kappa shape index (κ1) is 13.5. The van der Waals surface area contributed by atoms with Crippen molar-refractivity contribution in [2.75, 3.05) is 25.5 Å². The molecule has 0 saturated carbocycles. The van der Waals surface area contributed by atoms with Crippen molar-refractivity contribution in [1.29, 1.82) is 0 Å². The quantitative estimate of drug-likeness (QED) is 0.609. The zero-order chi connectivity index (χ0) is 13.0. The zero-order valence-corrected chi connectivity index (χ0v) is 11.1. The number of carbonyl (C=O) groups excluding carboxylic acids is 1. The van der Waals surface area contributed by atoms with E-state index in [-0.39, 0.29) is 11.7 Å². The van der Waals surface area contributed by atoms with Crippen molar-refractivity contribution in [3.8, 4) is 0 Å². The van der Waals surface area contributed by atoms with E-state index < -0.39 is 0 Å². The fraction of sp³-hybridized carbons (Fsp3) is 0.500. The molecule has 98 valence electrons. The molecular weight excluding hydrogens is 253 g/mol. The Morgan fingerprint density at radius 2 is 1.78 bits per heavy atom. The van der Waals surface area contributed by atoms with Crippen LogP contribution in [0.25, 0.3) is 0 Å². The molecule has 0 radical (unpaired) electrons. The van der Waals surface area contributed by atoms with Crippen LogP contribution < -0.4 is 0 Å². The topological polar surface area (TPSA) is 17.1 Å². The molecule has 0 unspecified atom stereocenters. The lowest BCUT2D eigenvalue weighted by molar-refractivity contribution is -0.851. The number of hydrogen-bond acceptors (Lipinski definition) is 1. The largest absolute Gasteiger partial charge is 0.345 e. The minimum absolute atomic E-state index is 0.0790. The number of benzene rings is 1. The third-order valence-electron chi connectivity index (χ3n) is 3.71. The van der Waals surface area contributed by atoms with Crippen molar-refractivity contribution < 1.29 is 13.7 Å². The third kappa shape index (κ3) is 2.73. The van der Waals surface area contributed by atoms with Gasteiger partial charge in [0.2, 0.25) is 0 Å². The minimum Gasteiger partial charge on any atom is -0.255 e. The molecule has 2 rings (SSSR count). The summed E-state index contributed by atoms with van der Waals surface area (Å²) in [4.78, 5) is 12.6. The van der Waals surface area contributed by atoms with E-state index in [2.05, 4.69) is 0 Å². The van der Waals surface area contributed by atoms with Crippen LogP contribution in [0.2, 0.25) is 0 Å². The molecule has 4 heteroatoms. The molecule has 1 fully saturated rings. The average Bonchev–Trinajstić information content (AvgIpc) is 2.40. The number of quaternary nitrogens is 1. The zero-order valence-electron chi connectivity index (χ0n) is 10.4. The second kappa shape index (κ2) is 5.81. The molecule has 1 aliphatic rings. The highest BCUT2D eigenvalue weighted by atomic mass is 35.5. The summed E-state index contributed by atoms with van der Waals surface area (Å²) in [7, 11) is 0. The summed E-state index contributed by atoms with van der Waals surface area (Å²) in [6.07, 6.45) is 3.30. The van der Waals surface area contributed by atoms with Crippen molar-refractivity contribution in [3.05, 3.63) is 35.6 Å². The van der Waals surface area contributed by atoms with E-state index >= 15 is 0 Å². The molecule has 1 amide bonds. The minimum atomic E-state index is -0.311. The van der Waals surface area contributed by atoms with Gasteiger partial charge >= 0.3 is 5.91 Å². The Labute approximate surface area is 112 Å². The van der Waals surface area contributed by atoms with E-state index in [0.29, 0.717) is 22.5 Å². The van der Waals surface area contributed by atoms with Gasteiger partial charge in [-0.05, 0) is 43.5 Å². The Hall–Kier alpha value is -0.930. The summed E-state index contributed by atoms with van der Waals surface area (Å²) < 4.78 is 13.3. The summed E-state index contributed by atoms with van der Waals surface area (Å²) in [6, 6.07) is 5.82. The molecule has 0 N–H and O–H groups in total. The number of rotatable bonds is 3. The van der Waals surface area contributed by atoms with Gasteiger partial charge in [-0.25, -0.2) is 9.18 Å². The van der Waals surface area contributed by atoms with Crippen LogP contribution in [-0.2, 0) is 0 Å². The number of likely N-dealkylation sites (tertiary alicyclic amines) is 1. The number of amides is 1. The van der Waals surface area contributed by atoms with Gasteiger partial charge in [0, 0.05) is 0 Å². The number of piperidine rings is 1. The molecule has 1 aromatic rings. The van der Waals surface area contributed by atoms with Gasteiger partial charge in [0.05, 0.1) is 31.1 Å². The highest BCUT2D eigenvalue weighted by molar-refractivity contribution is 6.18. The predicted molar refractivity (Wildman–Crippen MR) is 70.2 cm³/mol. The van der Waals surface area contributed by atoms with Crippen molar-refractivity contribution in [1.82, 2.24) is 0 Å². The van der Waals surface area contributed by atoms with E-state index in [1.165, 1.54) is 18.6 Å². The molecule has 18 heavy (non-hydrogen) atoms. The van der Waals surface area contributed by atoms with Crippen LogP contribution in [-0.4, -0.2) is 35.9 Å². The highest BCUT2D eigenvalue weighted by Gasteiger charge is 2.38. The lowest BCUT2D eigenvalue weighted by atomic mass is 10.0. The molecule has 2 nitrogen and oxygen atoms in total. The SMILES string of the molecule is O=C(c1ccc(F)cc1)[N+]1(CCCl)CCCCC1. The van der Waals surface area contributed by atoms with Crippen molar-refractivity contribution in [2.24, 2.45) is 0 Å². The summed E-state index contributed by atoms with van der Waals surface area (Å²) >= 11 is 5.85. The van der Waals surface area contributed by atoms with Gasteiger partial charge in [-0.2, -0.15) is 0 Å². The van der Waals surface area contributed by atoms with Gasteiger partial charge in [0.15, 0.2) is 0 Å². The summed E-state index contributed by atoms with van der Waals surface area (Å²) in [5, 5.41) is 0. The van der Waals surface area contributed by atoms with Gasteiger partial charge in [0.1, 0.15) is 5.82 Å². The lowest BCUT2D eigenvalue weighted by Crippen LogP contribution is -2.56. The molecule has 0 aromatic heterocycles. The maximum absolute atomic E-state index is 12.9. The Morgan fingerprint density at radius 1 is 1.17 bits per heavy atom. The van der Waals surface area contributed by atoms with Gasteiger partial charge < -0.3 is 0 Å². The molecular formula is C14H18ClFNO+. The number of carbonyl (C=O) groups is 1. The first-order chi connectivity index (χ1) is 8.68. The van der Waals surface area contributed by atoms with Crippen LogP contribution >= 0.6 is 11.6 Å². The average molecular weight is 271 g/mol. The Balaban J connectivity index is 2.24. The molecule has 1 aromatic carbocycles. The molecule has 0 aliphatic carbocycles. The number of nitrogens with zero attached hydrogens (tertiary/aromatic N) is 1. The van der Waals surface area contributed by atoms with Gasteiger partial charge in [-0.1, -0.05) is 0 Å². The third-order valence-corrected chi connectivity index (χ3v) is 3.88. The molecule has 1 saturated heterocycles. The van der Waals surface area contributed by atoms with Crippen LogP contribution in [0.15, 0.2) is 24.3 Å². The second-order valence-corrected chi connectivity index (χ2v) is 5.26. The fourth-order valence-electron chi connectivity index (χ4n) is 2.67. The van der Waals surface area contributed by atoms with Crippen LogP contribution in [0.4, 0.5) is 4.39 Å². The maximum Gasteiger partial charge on any atom is 0.345 e. The fourth-order valence-corrected chi connectivity index (χ4v) is 3.00. The Morgan fingerprint density at radius 3 is 2.33 bits per heavy atom. The van der Waals surface area contributed by atoms with E-state index in [1.807, 2.05) is 0 Å². The van der Waals surface area contributed by atoms with Crippen LogP contribution in [0.1, 0.15) is 29.6 Å². The Bertz CT molecular complexity index is 407. The van der Waals surface area contributed by atoms with Gasteiger partial charge in [0.25, 0.3) is 0 Å². The first-order valence-electron chi connectivity index (χ1n) is 6.40. The van der Waals surface area contributed by atoms with Crippen LogP contribution in [0, 0.1) is 5.82 Å². The lowest BCUT2D eigenvalue weighted by Gasteiger charge is -2.38. The molecule has 1 aliphatic heterocycles. The van der Waals surface area contributed by atoms with Crippen LogP contribution in [0.3, 0.4) is 0 Å². The second-order valence-electron chi connectivity index (χ2n) is 4.88. The Kier molecular flexibility index (Phi) is 4.36. The monoisotopic (exact) mass is 270 g/mol.